The quantitative estimate of drug-likeness (QED) is 0.303. The molecule has 0 aliphatic carbocycles. The predicted molar refractivity (Wildman–Crippen MR) is 136 cm³/mol. The number of pyridine rings is 1. The molecule has 4 rings (SSSR count). The first-order valence-corrected chi connectivity index (χ1v) is 11.4. The van der Waals surface area contributed by atoms with Crippen LogP contribution < -0.4 is 27.2 Å². The zero-order chi connectivity index (χ0) is 26.4. The fraction of sp³-hybridized carbons (Fsp3) is 0.120. The summed E-state index contributed by atoms with van der Waals surface area (Å²) in [6.45, 7) is -0.607. The topological polar surface area (TPSA) is 151 Å². The summed E-state index contributed by atoms with van der Waals surface area (Å²) in [5.41, 5.74) is 4.53. The first-order chi connectivity index (χ1) is 17.8. The van der Waals surface area contributed by atoms with Gasteiger partial charge in [-0.1, -0.05) is 29.8 Å². The van der Waals surface area contributed by atoms with E-state index in [-0.39, 0.29) is 12.5 Å². The lowest BCUT2D eigenvalue weighted by Crippen LogP contribution is -2.44. The monoisotopic (exact) mass is 520 g/mol. The van der Waals surface area contributed by atoms with Crippen LogP contribution in [0.5, 0.6) is 11.6 Å². The summed E-state index contributed by atoms with van der Waals surface area (Å²) in [5.74, 6) is -0.630. The highest BCUT2D eigenvalue weighted by atomic mass is 35.5. The van der Waals surface area contributed by atoms with Crippen molar-refractivity contribution in [1.82, 2.24) is 19.1 Å². The van der Waals surface area contributed by atoms with Gasteiger partial charge in [-0.15, -0.1) is 0 Å². The molecule has 0 saturated heterocycles. The van der Waals surface area contributed by atoms with E-state index in [1.807, 2.05) is 0 Å². The van der Waals surface area contributed by atoms with E-state index in [1.54, 1.807) is 72.9 Å². The Labute approximate surface area is 215 Å². The van der Waals surface area contributed by atoms with Gasteiger partial charge in [0.2, 0.25) is 17.7 Å². The summed E-state index contributed by atoms with van der Waals surface area (Å²) in [6, 6.07) is 18.8. The number of ketones is 1. The van der Waals surface area contributed by atoms with E-state index >= 15 is 0 Å². The molecule has 1 amide bonds. The van der Waals surface area contributed by atoms with Gasteiger partial charge in [0.25, 0.3) is 0 Å². The summed E-state index contributed by atoms with van der Waals surface area (Å²) >= 11 is 5.97. The molecule has 0 aliphatic rings. The molecule has 12 heteroatoms. The second kappa shape index (κ2) is 11.3. The number of rotatable bonds is 10. The Balaban J connectivity index is 1.65. The number of carbonyl (C=O) groups excluding carboxylic acids is 2. The van der Waals surface area contributed by atoms with E-state index in [9.17, 15) is 19.2 Å². The van der Waals surface area contributed by atoms with Crippen molar-refractivity contribution in [3.8, 4) is 11.6 Å². The number of halogens is 1. The molecular formula is C25H21ClN6O5. The van der Waals surface area contributed by atoms with Crippen LogP contribution >= 0.6 is 11.6 Å². The van der Waals surface area contributed by atoms with Crippen LogP contribution in [0.2, 0.25) is 5.02 Å². The van der Waals surface area contributed by atoms with Gasteiger partial charge in [0.15, 0.2) is 5.78 Å². The number of hydrogen-bond donors (Lipinski definition) is 2. The molecule has 0 unspecified atom stereocenters. The maximum absolute atomic E-state index is 13.3. The lowest BCUT2D eigenvalue weighted by Gasteiger charge is -2.16. The Morgan fingerprint density at radius 2 is 1.70 bits per heavy atom. The van der Waals surface area contributed by atoms with Crippen LogP contribution in [-0.4, -0.2) is 30.8 Å². The second-order valence-corrected chi connectivity index (χ2v) is 8.34. The van der Waals surface area contributed by atoms with Gasteiger partial charge >= 0.3 is 11.4 Å². The Kier molecular flexibility index (Phi) is 7.74. The normalized spacial score (nSPS) is 10.6. The van der Waals surface area contributed by atoms with Crippen molar-refractivity contribution in [3.05, 3.63) is 104 Å². The first kappa shape index (κ1) is 25.3. The summed E-state index contributed by atoms with van der Waals surface area (Å²) in [6.07, 6.45) is 1.01. The number of Topliss-reactive ketones (excluding diaryl/α,β-unsaturated/α-hetero) is 1. The Hall–Kier alpha value is -4.77. The van der Waals surface area contributed by atoms with Crippen LogP contribution in [0.4, 0.5) is 11.6 Å². The Bertz CT molecular complexity index is 1530. The van der Waals surface area contributed by atoms with Gasteiger partial charge < -0.3 is 15.8 Å². The number of carbonyl (C=O) groups is 2. The van der Waals surface area contributed by atoms with E-state index in [0.717, 1.165) is 0 Å². The van der Waals surface area contributed by atoms with Crippen LogP contribution in [0, 0.1) is 0 Å². The van der Waals surface area contributed by atoms with Gasteiger partial charge in [0, 0.05) is 23.0 Å². The maximum atomic E-state index is 13.3. The first-order valence-electron chi connectivity index (χ1n) is 11.0. The number of nitrogens with zero attached hydrogens (tertiary/aromatic N) is 4. The van der Waals surface area contributed by atoms with Crippen LogP contribution in [0.15, 0.2) is 82.5 Å². The fourth-order valence-corrected chi connectivity index (χ4v) is 3.49. The summed E-state index contributed by atoms with van der Waals surface area (Å²) in [5, 5.41) is 3.49. The number of primary amides is 1. The van der Waals surface area contributed by atoms with Gasteiger partial charge in [-0.05, 0) is 48.0 Å². The van der Waals surface area contributed by atoms with Gasteiger partial charge in [0.1, 0.15) is 5.75 Å². The van der Waals surface area contributed by atoms with Crippen LogP contribution in [0.1, 0.15) is 12.0 Å². The van der Waals surface area contributed by atoms with Gasteiger partial charge in [-0.25, -0.2) is 19.1 Å². The van der Waals surface area contributed by atoms with Gasteiger partial charge in [-0.3, -0.25) is 14.2 Å². The van der Waals surface area contributed by atoms with Gasteiger partial charge in [0.05, 0.1) is 19.5 Å². The van der Waals surface area contributed by atoms with Crippen molar-refractivity contribution in [3.63, 3.8) is 0 Å². The van der Waals surface area contributed by atoms with E-state index in [2.05, 4.69) is 15.3 Å². The number of ether oxygens (including phenoxy) is 1. The molecule has 37 heavy (non-hydrogen) atoms. The van der Waals surface area contributed by atoms with E-state index in [4.69, 9.17) is 22.1 Å². The third-order valence-electron chi connectivity index (χ3n) is 5.08. The summed E-state index contributed by atoms with van der Waals surface area (Å²) in [4.78, 5) is 57.2. The van der Waals surface area contributed by atoms with Crippen molar-refractivity contribution in [2.24, 2.45) is 5.73 Å². The fourth-order valence-electron chi connectivity index (χ4n) is 3.37. The molecule has 0 atom stereocenters. The van der Waals surface area contributed by atoms with Crippen molar-refractivity contribution >= 4 is 34.9 Å². The van der Waals surface area contributed by atoms with E-state index in [1.165, 1.54) is 4.57 Å². The lowest BCUT2D eigenvalue weighted by molar-refractivity contribution is -0.126. The van der Waals surface area contributed by atoms with E-state index < -0.39 is 36.0 Å². The number of amides is 1. The van der Waals surface area contributed by atoms with E-state index in [0.29, 0.717) is 32.5 Å². The summed E-state index contributed by atoms with van der Waals surface area (Å²) < 4.78 is 7.55. The molecule has 4 aromatic rings. The molecule has 0 spiro atoms. The lowest BCUT2D eigenvalue weighted by atomic mass is 10.2. The van der Waals surface area contributed by atoms with Crippen LogP contribution in [0.3, 0.4) is 0 Å². The highest BCUT2D eigenvalue weighted by Gasteiger charge is 2.17. The zero-order valence-corrected chi connectivity index (χ0v) is 20.1. The molecule has 3 N–H and O–H groups in total. The average Bonchev–Trinajstić information content (AvgIpc) is 2.87. The number of aromatic nitrogens is 4. The molecule has 188 valence electrons. The number of nitrogens with one attached hydrogen (secondary N) is 1. The standard InChI is InChI=1S/C25H21ClN6O5/c26-17-6-4-16(5-7-17)14-31-23(30-24(35)32(25(31)36)15-19(33)13-21(27)34)29-18-8-10-20(11-9-18)37-22-3-1-2-12-28-22/h1-12H,13-15H2,(H2,27,34)(H,29,30,35). The van der Waals surface area contributed by atoms with Crippen molar-refractivity contribution < 1.29 is 14.3 Å². The Morgan fingerprint density at radius 1 is 0.973 bits per heavy atom. The predicted octanol–water partition coefficient (Wildman–Crippen LogP) is 2.48. The minimum absolute atomic E-state index is 0.0243. The zero-order valence-electron chi connectivity index (χ0n) is 19.3. The van der Waals surface area contributed by atoms with Crippen molar-refractivity contribution in [2.75, 3.05) is 5.32 Å². The molecule has 0 radical (unpaired) electrons. The second-order valence-electron chi connectivity index (χ2n) is 7.90. The molecular weight excluding hydrogens is 500 g/mol. The SMILES string of the molecule is NC(=O)CC(=O)Cn1c(=O)nc(Nc2ccc(Oc3ccccn3)cc2)n(Cc2ccc(Cl)cc2)c1=O. The smallest absolute Gasteiger partial charge is 0.355 e. The average molecular weight is 521 g/mol. The minimum Gasteiger partial charge on any atom is -0.439 e. The Morgan fingerprint density at radius 3 is 2.35 bits per heavy atom. The molecule has 2 aromatic carbocycles. The molecule has 0 saturated carbocycles. The third kappa shape index (κ3) is 6.67. The van der Waals surface area contributed by atoms with Crippen molar-refractivity contribution in [2.45, 2.75) is 19.5 Å². The minimum atomic E-state index is -0.951. The number of hydrogen-bond acceptors (Lipinski definition) is 8. The summed E-state index contributed by atoms with van der Waals surface area (Å²) in [7, 11) is 0. The molecule has 11 nitrogen and oxygen atoms in total. The maximum Gasteiger partial charge on any atom is 0.355 e. The highest BCUT2D eigenvalue weighted by Crippen LogP contribution is 2.22. The number of benzene rings is 2. The molecule has 2 heterocycles. The molecule has 2 aromatic heterocycles. The van der Waals surface area contributed by atoms with Crippen LogP contribution in [0.25, 0.3) is 0 Å². The largest absolute Gasteiger partial charge is 0.439 e. The third-order valence-corrected chi connectivity index (χ3v) is 5.33. The van der Waals surface area contributed by atoms with Crippen molar-refractivity contribution in [1.29, 1.82) is 0 Å². The van der Waals surface area contributed by atoms with Gasteiger partial charge in [-0.2, -0.15) is 4.98 Å². The van der Waals surface area contributed by atoms with Crippen LogP contribution in [-0.2, 0) is 22.7 Å². The molecule has 0 fully saturated rings. The number of anilines is 2. The molecule has 0 aliphatic heterocycles. The highest BCUT2D eigenvalue weighted by molar-refractivity contribution is 6.30. The molecule has 0 bridgehead atoms. The number of nitrogens with two attached hydrogens (primary N) is 1.